The van der Waals surface area contributed by atoms with E-state index in [9.17, 15) is 9.90 Å². The van der Waals surface area contributed by atoms with Gasteiger partial charge < -0.3 is 15.3 Å². The van der Waals surface area contributed by atoms with Crippen LogP contribution in [0.15, 0.2) is 18.2 Å². The zero-order valence-electron chi connectivity index (χ0n) is 9.74. The highest BCUT2D eigenvalue weighted by Gasteiger charge is 2.38. The molecule has 0 spiro atoms. The van der Waals surface area contributed by atoms with Crippen LogP contribution in [-0.4, -0.2) is 23.6 Å². The second-order valence-corrected chi connectivity index (χ2v) is 4.54. The Morgan fingerprint density at radius 3 is 2.75 bits per heavy atom. The van der Waals surface area contributed by atoms with Crippen molar-refractivity contribution in [1.82, 2.24) is 0 Å². The summed E-state index contributed by atoms with van der Waals surface area (Å²) in [5, 5.41) is 12.2. The zero-order valence-corrected chi connectivity index (χ0v) is 9.74. The number of amides is 1. The maximum atomic E-state index is 11.9. The number of aliphatic hydroxyl groups is 1. The summed E-state index contributed by atoms with van der Waals surface area (Å²) in [6.07, 6.45) is 0. The largest absolute Gasteiger partial charge is 0.392 e. The highest BCUT2D eigenvalue weighted by molar-refractivity contribution is 6.06. The molecule has 16 heavy (non-hydrogen) atoms. The van der Waals surface area contributed by atoms with Crippen LogP contribution in [0.1, 0.15) is 19.4 Å². The average Bonchev–Trinajstić information content (AvgIpc) is 2.26. The van der Waals surface area contributed by atoms with Crippen molar-refractivity contribution in [2.24, 2.45) is 0 Å². The van der Waals surface area contributed by atoms with Crippen LogP contribution in [-0.2, 0) is 11.4 Å². The summed E-state index contributed by atoms with van der Waals surface area (Å²) < 4.78 is 0. The van der Waals surface area contributed by atoms with Crippen molar-refractivity contribution in [2.75, 3.05) is 17.3 Å². The van der Waals surface area contributed by atoms with Crippen molar-refractivity contribution in [3.63, 3.8) is 0 Å². The number of nitrogens with one attached hydrogen (secondary N) is 1. The SMILES string of the molecule is CN1c2c(CO)cccc2NC(=O)C1(C)C. The molecule has 4 nitrogen and oxygen atoms in total. The van der Waals surface area contributed by atoms with E-state index in [0.717, 1.165) is 16.9 Å². The minimum atomic E-state index is -0.599. The van der Waals surface area contributed by atoms with Gasteiger partial charge in [-0.1, -0.05) is 12.1 Å². The second-order valence-electron chi connectivity index (χ2n) is 4.54. The Hall–Kier alpha value is -1.55. The lowest BCUT2D eigenvalue weighted by atomic mass is 9.95. The van der Waals surface area contributed by atoms with Crippen molar-refractivity contribution in [3.05, 3.63) is 23.8 Å². The van der Waals surface area contributed by atoms with Gasteiger partial charge in [0.1, 0.15) is 5.54 Å². The van der Waals surface area contributed by atoms with Gasteiger partial charge in [0.25, 0.3) is 0 Å². The number of carbonyl (C=O) groups excluding carboxylic acids is 1. The normalized spacial score (nSPS) is 18.0. The molecule has 1 aromatic carbocycles. The van der Waals surface area contributed by atoms with Crippen LogP contribution in [0.3, 0.4) is 0 Å². The molecule has 1 aliphatic heterocycles. The molecule has 1 heterocycles. The first kappa shape index (κ1) is 11.0. The lowest BCUT2D eigenvalue weighted by Gasteiger charge is -2.42. The Balaban J connectivity index is 2.61. The predicted octanol–water partition coefficient (Wildman–Crippen LogP) is 1.35. The van der Waals surface area contributed by atoms with Gasteiger partial charge in [0, 0.05) is 12.6 Å². The molecule has 1 aliphatic rings. The van der Waals surface area contributed by atoms with Crippen molar-refractivity contribution in [2.45, 2.75) is 26.0 Å². The summed E-state index contributed by atoms with van der Waals surface area (Å²) in [7, 11) is 1.87. The monoisotopic (exact) mass is 220 g/mol. The fraction of sp³-hybridized carbons (Fsp3) is 0.417. The number of nitrogens with zero attached hydrogens (tertiary/aromatic N) is 1. The number of para-hydroxylation sites is 1. The van der Waals surface area contributed by atoms with E-state index in [1.54, 1.807) is 0 Å². The van der Waals surface area contributed by atoms with E-state index in [0.29, 0.717) is 0 Å². The van der Waals surface area contributed by atoms with E-state index in [-0.39, 0.29) is 12.5 Å². The van der Waals surface area contributed by atoms with Crippen LogP contribution in [0.5, 0.6) is 0 Å². The van der Waals surface area contributed by atoms with Crippen LogP contribution in [0.25, 0.3) is 0 Å². The van der Waals surface area contributed by atoms with Crippen molar-refractivity contribution < 1.29 is 9.90 Å². The van der Waals surface area contributed by atoms with Crippen LogP contribution in [0, 0.1) is 0 Å². The lowest BCUT2D eigenvalue weighted by Crippen LogP contribution is -2.54. The summed E-state index contributed by atoms with van der Waals surface area (Å²) in [5.74, 6) is -0.0300. The van der Waals surface area contributed by atoms with Gasteiger partial charge in [-0.2, -0.15) is 0 Å². The smallest absolute Gasteiger partial charge is 0.249 e. The number of benzene rings is 1. The summed E-state index contributed by atoms with van der Waals surface area (Å²) in [6.45, 7) is 3.69. The molecule has 0 saturated carbocycles. The van der Waals surface area contributed by atoms with Crippen LogP contribution < -0.4 is 10.2 Å². The number of anilines is 2. The molecule has 1 aromatic rings. The van der Waals surface area contributed by atoms with Crippen LogP contribution >= 0.6 is 0 Å². The Kier molecular flexibility index (Phi) is 2.39. The Morgan fingerprint density at radius 2 is 2.12 bits per heavy atom. The number of hydrogen-bond acceptors (Lipinski definition) is 3. The summed E-state index contributed by atoms with van der Waals surface area (Å²) in [4.78, 5) is 13.8. The molecule has 2 N–H and O–H groups in total. The molecule has 0 unspecified atom stereocenters. The first-order valence-corrected chi connectivity index (χ1v) is 5.26. The third kappa shape index (κ3) is 1.38. The van der Waals surface area contributed by atoms with Crippen molar-refractivity contribution in [3.8, 4) is 0 Å². The topological polar surface area (TPSA) is 52.6 Å². The molecular formula is C12H16N2O2. The highest BCUT2D eigenvalue weighted by atomic mass is 16.3. The number of fused-ring (bicyclic) bond motifs is 1. The van der Waals surface area contributed by atoms with Crippen molar-refractivity contribution in [1.29, 1.82) is 0 Å². The summed E-state index contributed by atoms with van der Waals surface area (Å²) in [5.41, 5.74) is 1.89. The van der Waals surface area contributed by atoms with E-state index in [2.05, 4.69) is 5.32 Å². The van der Waals surface area contributed by atoms with E-state index in [1.165, 1.54) is 0 Å². The number of hydrogen-bond donors (Lipinski definition) is 2. The minimum absolute atomic E-state index is 0.0283. The Morgan fingerprint density at radius 1 is 1.44 bits per heavy atom. The number of likely N-dealkylation sites (N-methyl/N-ethyl adjacent to an activating group) is 1. The zero-order chi connectivity index (χ0) is 11.9. The fourth-order valence-corrected chi connectivity index (χ4v) is 1.92. The maximum Gasteiger partial charge on any atom is 0.249 e. The lowest BCUT2D eigenvalue weighted by molar-refractivity contribution is -0.120. The number of rotatable bonds is 1. The van der Waals surface area contributed by atoms with Gasteiger partial charge in [0.05, 0.1) is 18.0 Å². The molecule has 86 valence electrons. The standard InChI is InChI=1S/C12H16N2O2/c1-12(2)11(16)13-9-6-4-5-8(7-15)10(9)14(12)3/h4-6,15H,7H2,1-3H3,(H,13,16). The molecule has 1 amide bonds. The molecule has 0 bridgehead atoms. The molecule has 0 saturated heterocycles. The molecule has 4 heteroatoms. The third-order valence-corrected chi connectivity index (χ3v) is 3.27. The second kappa shape index (κ2) is 3.49. The first-order valence-electron chi connectivity index (χ1n) is 5.26. The van der Waals surface area contributed by atoms with Gasteiger partial charge in [0.2, 0.25) is 5.91 Å². The van der Waals surface area contributed by atoms with E-state index >= 15 is 0 Å². The molecule has 2 rings (SSSR count). The highest BCUT2D eigenvalue weighted by Crippen LogP contribution is 2.38. The third-order valence-electron chi connectivity index (χ3n) is 3.27. The molecule has 0 fully saturated rings. The summed E-state index contributed by atoms with van der Waals surface area (Å²) >= 11 is 0. The van der Waals surface area contributed by atoms with Gasteiger partial charge in [-0.25, -0.2) is 0 Å². The van der Waals surface area contributed by atoms with Gasteiger partial charge in [0.15, 0.2) is 0 Å². The Labute approximate surface area is 94.9 Å². The van der Waals surface area contributed by atoms with Gasteiger partial charge in [-0.05, 0) is 19.9 Å². The van der Waals surface area contributed by atoms with Crippen LogP contribution in [0.2, 0.25) is 0 Å². The molecule has 0 aliphatic carbocycles. The maximum absolute atomic E-state index is 11.9. The predicted molar refractivity (Wildman–Crippen MR) is 63.5 cm³/mol. The number of aliphatic hydroxyl groups excluding tert-OH is 1. The molecular weight excluding hydrogens is 204 g/mol. The number of carbonyl (C=O) groups is 1. The van der Waals surface area contributed by atoms with E-state index in [4.69, 9.17) is 0 Å². The van der Waals surface area contributed by atoms with Gasteiger partial charge >= 0.3 is 0 Å². The average molecular weight is 220 g/mol. The fourth-order valence-electron chi connectivity index (χ4n) is 1.92. The van der Waals surface area contributed by atoms with E-state index in [1.807, 2.05) is 44.0 Å². The van der Waals surface area contributed by atoms with Gasteiger partial charge in [-0.15, -0.1) is 0 Å². The quantitative estimate of drug-likeness (QED) is 0.751. The molecule has 0 atom stereocenters. The first-order chi connectivity index (χ1) is 7.48. The van der Waals surface area contributed by atoms with Gasteiger partial charge in [-0.3, -0.25) is 4.79 Å². The molecule has 0 aromatic heterocycles. The Bertz CT molecular complexity index is 441. The van der Waals surface area contributed by atoms with E-state index < -0.39 is 5.54 Å². The molecule has 0 radical (unpaired) electrons. The summed E-state index contributed by atoms with van der Waals surface area (Å²) in [6, 6.07) is 5.54. The van der Waals surface area contributed by atoms with Crippen molar-refractivity contribution >= 4 is 17.3 Å². The minimum Gasteiger partial charge on any atom is -0.392 e. The van der Waals surface area contributed by atoms with Crippen LogP contribution in [0.4, 0.5) is 11.4 Å².